The molecule has 98 valence electrons. The predicted molar refractivity (Wildman–Crippen MR) is 78.3 cm³/mol. The lowest BCUT2D eigenvalue weighted by molar-refractivity contribution is 0.0641. The molecule has 2 rings (SSSR count). The molecule has 1 heterocycles. The number of rotatable bonds is 3. The molecule has 0 aromatic heterocycles. The van der Waals surface area contributed by atoms with E-state index in [0.29, 0.717) is 6.04 Å². The van der Waals surface area contributed by atoms with Gasteiger partial charge in [-0.1, -0.05) is 41.1 Å². The number of carbonyl (C=O) groups excluding carboxylic acids is 1. The van der Waals surface area contributed by atoms with Crippen LogP contribution in [0.5, 0.6) is 0 Å². The van der Waals surface area contributed by atoms with Gasteiger partial charge in [0, 0.05) is 23.5 Å². The van der Waals surface area contributed by atoms with Gasteiger partial charge >= 0.3 is 0 Å². The molecule has 0 radical (unpaired) electrons. The van der Waals surface area contributed by atoms with Crippen LogP contribution in [0.3, 0.4) is 0 Å². The lowest BCUT2D eigenvalue weighted by atomic mass is 9.99. The Bertz CT molecular complexity index is 419. The molecule has 1 aromatic carbocycles. The minimum atomic E-state index is 0.205. The fraction of sp³-hybridized carbons (Fsp3) is 0.533. The molecule has 1 unspecified atom stereocenters. The molecular formula is C15H20BrNO. The van der Waals surface area contributed by atoms with Gasteiger partial charge < -0.3 is 4.90 Å². The second-order valence-electron chi connectivity index (χ2n) is 4.81. The normalized spacial score (nSPS) is 19.9. The summed E-state index contributed by atoms with van der Waals surface area (Å²) in [5, 5.41) is 0.882. The molecule has 1 aromatic rings. The molecule has 0 aliphatic carbocycles. The first-order valence-corrected chi connectivity index (χ1v) is 7.85. The number of hydrogen-bond acceptors (Lipinski definition) is 1. The molecule has 1 saturated heterocycles. The Morgan fingerprint density at radius 2 is 2.17 bits per heavy atom. The van der Waals surface area contributed by atoms with Crippen LogP contribution in [-0.4, -0.2) is 28.7 Å². The largest absolute Gasteiger partial charge is 0.335 e. The fourth-order valence-electron chi connectivity index (χ4n) is 2.62. The summed E-state index contributed by atoms with van der Waals surface area (Å²) in [4.78, 5) is 14.7. The molecule has 0 spiro atoms. The molecule has 0 N–H and O–H groups in total. The van der Waals surface area contributed by atoms with Crippen molar-refractivity contribution < 1.29 is 4.79 Å². The van der Waals surface area contributed by atoms with Crippen molar-refractivity contribution in [3.8, 4) is 0 Å². The summed E-state index contributed by atoms with van der Waals surface area (Å²) in [5.41, 5.74) is 2.04. The van der Waals surface area contributed by atoms with Crippen molar-refractivity contribution in [1.82, 2.24) is 4.90 Å². The predicted octanol–water partition coefficient (Wildman–Crippen LogP) is 3.64. The van der Waals surface area contributed by atoms with E-state index in [-0.39, 0.29) is 5.91 Å². The van der Waals surface area contributed by atoms with E-state index in [2.05, 4.69) is 28.9 Å². The van der Waals surface area contributed by atoms with Crippen LogP contribution >= 0.6 is 15.9 Å². The van der Waals surface area contributed by atoms with E-state index in [9.17, 15) is 4.79 Å². The molecule has 1 amide bonds. The third-order valence-corrected chi connectivity index (χ3v) is 4.44. The van der Waals surface area contributed by atoms with E-state index in [1.807, 2.05) is 23.1 Å². The van der Waals surface area contributed by atoms with Crippen LogP contribution in [0.15, 0.2) is 24.3 Å². The first kappa shape index (κ1) is 13.6. The van der Waals surface area contributed by atoms with Gasteiger partial charge in [0.15, 0.2) is 0 Å². The smallest absolute Gasteiger partial charge is 0.254 e. The number of aryl methyl sites for hydroxylation is 1. The van der Waals surface area contributed by atoms with Gasteiger partial charge in [-0.2, -0.15) is 0 Å². The molecule has 0 saturated carbocycles. The average molecular weight is 310 g/mol. The summed E-state index contributed by atoms with van der Waals surface area (Å²) in [7, 11) is 0. The van der Waals surface area contributed by atoms with Crippen molar-refractivity contribution in [3.05, 3.63) is 35.4 Å². The van der Waals surface area contributed by atoms with Gasteiger partial charge in [0.1, 0.15) is 0 Å². The third kappa shape index (κ3) is 2.77. The Morgan fingerprint density at radius 3 is 2.89 bits per heavy atom. The van der Waals surface area contributed by atoms with Crippen LogP contribution in [0, 0.1) is 0 Å². The minimum absolute atomic E-state index is 0.205. The summed E-state index contributed by atoms with van der Waals surface area (Å²) in [6.07, 6.45) is 4.39. The first-order chi connectivity index (χ1) is 8.77. The van der Waals surface area contributed by atoms with Gasteiger partial charge in [0.05, 0.1) is 0 Å². The zero-order valence-electron chi connectivity index (χ0n) is 10.9. The number of halogens is 1. The maximum Gasteiger partial charge on any atom is 0.254 e. The highest BCUT2D eigenvalue weighted by molar-refractivity contribution is 9.09. The van der Waals surface area contributed by atoms with E-state index in [0.717, 1.165) is 42.3 Å². The van der Waals surface area contributed by atoms with E-state index >= 15 is 0 Å². The zero-order valence-corrected chi connectivity index (χ0v) is 12.4. The van der Waals surface area contributed by atoms with Gasteiger partial charge in [0.25, 0.3) is 5.91 Å². The van der Waals surface area contributed by atoms with Gasteiger partial charge in [-0.15, -0.1) is 0 Å². The number of benzene rings is 1. The van der Waals surface area contributed by atoms with E-state index in [1.165, 1.54) is 6.42 Å². The number of piperidine rings is 1. The number of carbonyl (C=O) groups is 1. The maximum absolute atomic E-state index is 12.7. The van der Waals surface area contributed by atoms with Crippen LogP contribution < -0.4 is 0 Å². The van der Waals surface area contributed by atoms with Crippen molar-refractivity contribution in [2.75, 3.05) is 11.9 Å². The maximum atomic E-state index is 12.7. The van der Waals surface area contributed by atoms with Crippen molar-refractivity contribution in [2.24, 2.45) is 0 Å². The first-order valence-electron chi connectivity index (χ1n) is 6.72. The number of nitrogens with zero attached hydrogens (tertiary/aromatic N) is 1. The zero-order chi connectivity index (χ0) is 13.0. The minimum Gasteiger partial charge on any atom is -0.335 e. The number of amides is 1. The van der Waals surface area contributed by atoms with Crippen LogP contribution in [0.25, 0.3) is 0 Å². The molecule has 1 aliphatic rings. The molecule has 1 atom stereocenters. The van der Waals surface area contributed by atoms with Crippen LogP contribution in [0.2, 0.25) is 0 Å². The van der Waals surface area contributed by atoms with Crippen LogP contribution in [0.4, 0.5) is 0 Å². The molecule has 18 heavy (non-hydrogen) atoms. The molecule has 1 fully saturated rings. The average Bonchev–Trinajstić information content (AvgIpc) is 2.46. The van der Waals surface area contributed by atoms with Gasteiger partial charge in [-0.3, -0.25) is 4.79 Å². The number of hydrogen-bond donors (Lipinski definition) is 0. The Kier molecular flexibility index (Phi) is 4.81. The topological polar surface area (TPSA) is 20.3 Å². The van der Waals surface area contributed by atoms with E-state index < -0.39 is 0 Å². The highest BCUT2D eigenvalue weighted by Crippen LogP contribution is 2.22. The van der Waals surface area contributed by atoms with Crippen molar-refractivity contribution >= 4 is 21.8 Å². The van der Waals surface area contributed by atoms with Crippen LogP contribution in [0.1, 0.15) is 42.1 Å². The lowest BCUT2D eigenvalue weighted by Gasteiger charge is -2.35. The lowest BCUT2D eigenvalue weighted by Crippen LogP contribution is -2.44. The Morgan fingerprint density at radius 1 is 1.39 bits per heavy atom. The third-order valence-electron chi connectivity index (χ3n) is 3.69. The van der Waals surface area contributed by atoms with Gasteiger partial charge in [-0.05, 0) is 37.3 Å². The summed E-state index contributed by atoms with van der Waals surface area (Å²) >= 11 is 3.53. The Balaban J connectivity index is 2.24. The van der Waals surface area contributed by atoms with Crippen molar-refractivity contribution in [3.63, 3.8) is 0 Å². The molecule has 2 nitrogen and oxygen atoms in total. The van der Waals surface area contributed by atoms with E-state index in [4.69, 9.17) is 0 Å². The number of alkyl halides is 1. The summed E-state index contributed by atoms with van der Waals surface area (Å²) in [6, 6.07) is 8.34. The summed E-state index contributed by atoms with van der Waals surface area (Å²) in [6.45, 7) is 3.00. The summed E-state index contributed by atoms with van der Waals surface area (Å²) in [5.74, 6) is 0.205. The van der Waals surface area contributed by atoms with E-state index in [1.54, 1.807) is 0 Å². The highest BCUT2D eigenvalue weighted by atomic mass is 79.9. The molecule has 3 heteroatoms. The van der Waals surface area contributed by atoms with Crippen molar-refractivity contribution in [2.45, 2.75) is 38.6 Å². The second kappa shape index (κ2) is 6.37. The highest BCUT2D eigenvalue weighted by Gasteiger charge is 2.27. The molecule has 1 aliphatic heterocycles. The Labute approximate surface area is 117 Å². The van der Waals surface area contributed by atoms with Crippen molar-refractivity contribution in [1.29, 1.82) is 0 Å². The molecule has 0 bridgehead atoms. The quantitative estimate of drug-likeness (QED) is 0.781. The SMILES string of the molecule is CCc1ccccc1C(=O)N1CCCCC1CBr. The van der Waals surface area contributed by atoms with Crippen LogP contribution in [-0.2, 0) is 6.42 Å². The number of likely N-dealkylation sites (tertiary alicyclic amines) is 1. The monoisotopic (exact) mass is 309 g/mol. The van der Waals surface area contributed by atoms with Gasteiger partial charge in [-0.25, -0.2) is 0 Å². The second-order valence-corrected chi connectivity index (χ2v) is 5.46. The summed E-state index contributed by atoms with van der Waals surface area (Å²) < 4.78 is 0. The van der Waals surface area contributed by atoms with Gasteiger partial charge in [0.2, 0.25) is 0 Å². The molecular weight excluding hydrogens is 290 g/mol. The fourth-order valence-corrected chi connectivity index (χ4v) is 3.29. The Hall–Kier alpha value is -0.830. The standard InChI is InChI=1S/C15H20BrNO/c1-2-12-7-3-4-9-14(12)15(18)17-10-6-5-8-13(17)11-16/h3-4,7,9,13H,2,5-6,8,10-11H2,1H3.